The molecule has 3 rings (SSSR count). The smallest absolute Gasteiger partial charge is 0.418 e. The highest BCUT2D eigenvalue weighted by Crippen LogP contribution is 2.34. The van der Waals surface area contributed by atoms with E-state index >= 15 is 0 Å². The van der Waals surface area contributed by atoms with Gasteiger partial charge in [0.15, 0.2) is 5.78 Å². The van der Waals surface area contributed by atoms with Crippen molar-refractivity contribution in [1.29, 1.82) is 0 Å². The maximum absolute atomic E-state index is 13.1. The molecule has 0 saturated heterocycles. The lowest BCUT2D eigenvalue weighted by atomic mass is 9.93. The van der Waals surface area contributed by atoms with E-state index in [-0.39, 0.29) is 11.5 Å². The molecule has 4 nitrogen and oxygen atoms in total. The van der Waals surface area contributed by atoms with Crippen molar-refractivity contribution in [3.63, 3.8) is 0 Å². The molecule has 0 radical (unpaired) electrons. The summed E-state index contributed by atoms with van der Waals surface area (Å²) in [7, 11) is -2.86. The van der Waals surface area contributed by atoms with E-state index in [1.807, 2.05) is 39.0 Å². The molecule has 0 spiro atoms. The Kier molecular flexibility index (Phi) is 5.78. The van der Waals surface area contributed by atoms with Crippen LogP contribution >= 0.6 is 8.25 Å². The van der Waals surface area contributed by atoms with Crippen molar-refractivity contribution in [1.82, 2.24) is 0 Å². The standard InChI is InChI=1S/C22H21O4P/c1-15-13-16(2)21(17(3)14-15)22(23)19-11-7-8-12-20(19)26-27(24)25-18-9-5-4-6-10-18/h4-14,27H,1-3H3. The van der Waals surface area contributed by atoms with Gasteiger partial charge in [-0.2, -0.15) is 0 Å². The largest absolute Gasteiger partial charge is 0.418 e. The Morgan fingerprint density at radius 1 is 0.815 bits per heavy atom. The molecule has 138 valence electrons. The van der Waals surface area contributed by atoms with Crippen molar-refractivity contribution in [2.45, 2.75) is 20.8 Å². The summed E-state index contributed by atoms with van der Waals surface area (Å²) in [5.41, 5.74) is 3.91. The molecule has 3 aromatic rings. The third-order valence-corrected chi connectivity index (χ3v) is 4.96. The summed E-state index contributed by atoms with van der Waals surface area (Å²) >= 11 is 0. The molecule has 27 heavy (non-hydrogen) atoms. The minimum Gasteiger partial charge on any atom is -0.418 e. The van der Waals surface area contributed by atoms with Gasteiger partial charge in [0.05, 0.1) is 5.56 Å². The van der Waals surface area contributed by atoms with Crippen LogP contribution in [0.3, 0.4) is 0 Å². The Labute approximate surface area is 159 Å². The lowest BCUT2D eigenvalue weighted by Gasteiger charge is -2.14. The van der Waals surface area contributed by atoms with E-state index in [0.717, 1.165) is 16.7 Å². The van der Waals surface area contributed by atoms with Crippen molar-refractivity contribution < 1.29 is 18.4 Å². The van der Waals surface area contributed by atoms with Crippen LogP contribution in [-0.2, 0) is 4.57 Å². The molecule has 0 bridgehead atoms. The summed E-state index contributed by atoms with van der Waals surface area (Å²) in [6, 6.07) is 19.5. The molecule has 0 aliphatic carbocycles. The summed E-state index contributed by atoms with van der Waals surface area (Å²) in [4.78, 5) is 13.1. The van der Waals surface area contributed by atoms with Crippen molar-refractivity contribution in [2.75, 3.05) is 0 Å². The molecule has 0 N–H and O–H groups in total. The first kappa shape index (κ1) is 18.9. The fourth-order valence-electron chi connectivity index (χ4n) is 3.11. The Morgan fingerprint density at radius 2 is 1.41 bits per heavy atom. The monoisotopic (exact) mass is 380 g/mol. The van der Waals surface area contributed by atoms with Crippen LogP contribution in [0, 0.1) is 20.8 Å². The lowest BCUT2D eigenvalue weighted by molar-refractivity contribution is 0.103. The molecular weight excluding hydrogens is 359 g/mol. The number of hydrogen-bond donors (Lipinski definition) is 0. The maximum atomic E-state index is 13.1. The van der Waals surface area contributed by atoms with Gasteiger partial charge < -0.3 is 9.05 Å². The zero-order valence-corrected chi connectivity index (χ0v) is 16.5. The van der Waals surface area contributed by atoms with Gasteiger partial charge in [-0.3, -0.25) is 4.79 Å². The molecule has 0 heterocycles. The van der Waals surface area contributed by atoms with Gasteiger partial charge in [-0.25, -0.2) is 4.57 Å². The Balaban J connectivity index is 1.88. The van der Waals surface area contributed by atoms with E-state index in [2.05, 4.69) is 0 Å². The maximum Gasteiger partial charge on any atom is 0.418 e. The van der Waals surface area contributed by atoms with Gasteiger partial charge in [-0.15, -0.1) is 0 Å². The first-order valence-electron chi connectivity index (χ1n) is 8.62. The molecule has 5 heteroatoms. The summed E-state index contributed by atoms with van der Waals surface area (Å²) in [6.07, 6.45) is 0. The minimum atomic E-state index is -2.86. The first-order valence-corrected chi connectivity index (χ1v) is 9.84. The van der Waals surface area contributed by atoms with E-state index in [1.165, 1.54) is 0 Å². The van der Waals surface area contributed by atoms with Gasteiger partial charge in [0.1, 0.15) is 11.5 Å². The number of para-hydroxylation sites is 2. The van der Waals surface area contributed by atoms with E-state index < -0.39 is 8.25 Å². The average Bonchev–Trinajstić information content (AvgIpc) is 2.62. The highest BCUT2D eigenvalue weighted by atomic mass is 31.1. The number of carbonyl (C=O) groups is 1. The molecule has 0 saturated carbocycles. The van der Waals surface area contributed by atoms with Crippen LogP contribution in [0.25, 0.3) is 0 Å². The Morgan fingerprint density at radius 3 is 2.07 bits per heavy atom. The van der Waals surface area contributed by atoms with E-state index in [0.29, 0.717) is 16.9 Å². The summed E-state index contributed by atoms with van der Waals surface area (Å²) in [5.74, 6) is 0.548. The molecule has 1 unspecified atom stereocenters. The second-order valence-electron chi connectivity index (χ2n) is 6.37. The second-order valence-corrected chi connectivity index (χ2v) is 7.27. The van der Waals surface area contributed by atoms with Crippen molar-refractivity contribution in [3.8, 4) is 11.5 Å². The van der Waals surface area contributed by atoms with Crippen LogP contribution in [0.2, 0.25) is 0 Å². The SMILES string of the molecule is Cc1cc(C)c(C(=O)c2ccccc2O[PH](=O)Oc2ccccc2)c(C)c1. The Bertz CT molecular complexity index is 973. The quantitative estimate of drug-likeness (QED) is 0.407. The fourth-order valence-corrected chi connectivity index (χ4v) is 3.84. The highest BCUT2D eigenvalue weighted by molar-refractivity contribution is 7.34. The summed E-state index contributed by atoms with van der Waals surface area (Å²) in [5, 5.41) is 0. The van der Waals surface area contributed by atoms with E-state index in [9.17, 15) is 9.36 Å². The third-order valence-electron chi connectivity index (χ3n) is 4.17. The predicted molar refractivity (Wildman–Crippen MR) is 107 cm³/mol. The van der Waals surface area contributed by atoms with Crippen LogP contribution in [-0.4, -0.2) is 5.78 Å². The second kappa shape index (κ2) is 8.24. The zero-order valence-electron chi connectivity index (χ0n) is 15.5. The first-order chi connectivity index (χ1) is 13.0. The number of aryl methyl sites for hydroxylation is 3. The van der Waals surface area contributed by atoms with Crippen molar-refractivity contribution >= 4 is 14.0 Å². The van der Waals surface area contributed by atoms with Gasteiger partial charge in [0.25, 0.3) is 0 Å². The highest BCUT2D eigenvalue weighted by Gasteiger charge is 2.20. The predicted octanol–water partition coefficient (Wildman–Crippen LogP) is 5.69. The van der Waals surface area contributed by atoms with Crippen molar-refractivity contribution in [3.05, 3.63) is 94.5 Å². The van der Waals surface area contributed by atoms with Crippen LogP contribution < -0.4 is 9.05 Å². The van der Waals surface area contributed by atoms with Crippen LogP contribution in [0.5, 0.6) is 11.5 Å². The number of ketones is 1. The molecule has 3 aromatic carbocycles. The van der Waals surface area contributed by atoms with Gasteiger partial charge in [-0.05, 0) is 56.2 Å². The van der Waals surface area contributed by atoms with Crippen LogP contribution in [0.4, 0.5) is 0 Å². The molecular formula is C22H21O4P. The zero-order chi connectivity index (χ0) is 19.4. The van der Waals surface area contributed by atoms with Gasteiger partial charge in [0, 0.05) is 5.56 Å². The van der Waals surface area contributed by atoms with E-state index in [1.54, 1.807) is 48.5 Å². The Hall–Kier alpha value is -2.84. The number of carbonyl (C=O) groups excluding carboxylic acids is 1. The average molecular weight is 380 g/mol. The molecule has 0 fully saturated rings. The normalized spacial score (nSPS) is 11.7. The fraction of sp³-hybridized carbons (Fsp3) is 0.136. The van der Waals surface area contributed by atoms with E-state index in [4.69, 9.17) is 9.05 Å². The number of hydrogen-bond acceptors (Lipinski definition) is 4. The number of benzene rings is 3. The van der Waals surface area contributed by atoms with Crippen molar-refractivity contribution in [2.24, 2.45) is 0 Å². The summed E-state index contributed by atoms with van der Waals surface area (Å²) < 4.78 is 23.1. The number of rotatable bonds is 6. The molecule has 0 aliphatic heterocycles. The van der Waals surface area contributed by atoms with Crippen LogP contribution in [0.1, 0.15) is 32.6 Å². The van der Waals surface area contributed by atoms with Crippen LogP contribution in [0.15, 0.2) is 66.7 Å². The third kappa shape index (κ3) is 4.47. The molecule has 0 aromatic heterocycles. The molecule has 0 amide bonds. The lowest BCUT2D eigenvalue weighted by Crippen LogP contribution is -2.08. The topological polar surface area (TPSA) is 52.6 Å². The van der Waals surface area contributed by atoms with Gasteiger partial charge in [0.2, 0.25) is 0 Å². The molecule has 0 aliphatic rings. The molecule has 1 atom stereocenters. The van der Waals surface area contributed by atoms with Gasteiger partial charge >= 0.3 is 8.25 Å². The summed E-state index contributed by atoms with van der Waals surface area (Å²) in [6.45, 7) is 5.83. The minimum absolute atomic E-state index is 0.157. The van der Waals surface area contributed by atoms with Gasteiger partial charge in [-0.1, -0.05) is 48.0 Å².